The average molecular weight is 413 g/mol. The first-order valence-electron chi connectivity index (χ1n) is 7.01. The van der Waals surface area contributed by atoms with E-state index >= 15 is 0 Å². The first-order valence-corrected chi connectivity index (χ1v) is 8.18. The van der Waals surface area contributed by atoms with E-state index in [0.717, 1.165) is 0 Å². The van der Waals surface area contributed by atoms with Crippen molar-refractivity contribution in [3.05, 3.63) is 51.5 Å². The van der Waals surface area contributed by atoms with E-state index in [0.29, 0.717) is 38.5 Å². The molecule has 126 valence electrons. The highest BCUT2D eigenvalue weighted by molar-refractivity contribution is 9.10. The average Bonchev–Trinajstić information content (AvgIpc) is 2.57. The monoisotopic (exact) mass is 411 g/mol. The first-order chi connectivity index (χ1) is 11.5. The van der Waals surface area contributed by atoms with E-state index in [1.54, 1.807) is 37.3 Å². The number of rotatable bonds is 6. The molecule has 0 saturated heterocycles. The lowest BCUT2D eigenvalue weighted by Crippen LogP contribution is -2.30. The molecule has 0 heterocycles. The van der Waals surface area contributed by atoms with Crippen LogP contribution in [0.25, 0.3) is 0 Å². The van der Waals surface area contributed by atoms with E-state index in [1.165, 1.54) is 13.2 Å². The van der Waals surface area contributed by atoms with E-state index in [-0.39, 0.29) is 5.91 Å². The lowest BCUT2D eigenvalue weighted by atomic mass is 10.2. The van der Waals surface area contributed by atoms with Crippen molar-refractivity contribution in [1.82, 2.24) is 0 Å². The molecule has 1 amide bonds. The van der Waals surface area contributed by atoms with Crippen molar-refractivity contribution in [2.24, 2.45) is 0 Å². The van der Waals surface area contributed by atoms with Crippen LogP contribution in [-0.4, -0.2) is 25.4 Å². The largest absolute Gasteiger partial charge is 0.493 e. The number of hydrogen-bond donors (Lipinski definition) is 1. The fraction of sp³-hybridized carbons (Fsp3) is 0.176. The number of hydrogen-bond acceptors (Lipinski definition) is 4. The molecule has 7 heteroatoms. The van der Waals surface area contributed by atoms with Crippen LogP contribution in [-0.2, 0) is 4.79 Å². The molecule has 0 radical (unpaired) electrons. The minimum Gasteiger partial charge on any atom is -0.493 e. The summed E-state index contributed by atoms with van der Waals surface area (Å²) < 4.78 is 11.4. The van der Waals surface area contributed by atoms with Crippen molar-refractivity contribution in [3.63, 3.8) is 0 Å². The third-order valence-electron chi connectivity index (χ3n) is 3.21. The summed E-state index contributed by atoms with van der Waals surface area (Å²) in [6.07, 6.45) is -0.138. The van der Waals surface area contributed by atoms with Crippen LogP contribution in [0.1, 0.15) is 17.3 Å². The van der Waals surface area contributed by atoms with Crippen LogP contribution < -0.4 is 14.8 Å². The highest BCUT2D eigenvalue weighted by Gasteiger charge is 2.19. The van der Waals surface area contributed by atoms with Gasteiger partial charge in [0.1, 0.15) is 0 Å². The molecule has 24 heavy (non-hydrogen) atoms. The van der Waals surface area contributed by atoms with Crippen molar-refractivity contribution < 1.29 is 19.1 Å². The van der Waals surface area contributed by atoms with Gasteiger partial charge in [-0.2, -0.15) is 0 Å². The minimum absolute atomic E-state index is 0.296. The molecular weight excluding hydrogens is 398 g/mol. The standard InChI is InChI=1S/C17H15BrClNO4/c1-10(17(22)20-14-6-4-3-5-13(14)19)24-16-7-11(9-21)12(18)8-15(16)23-2/h3-10H,1-2H3,(H,20,22)/t10-/m1/s1. The van der Waals surface area contributed by atoms with E-state index in [9.17, 15) is 9.59 Å². The van der Waals surface area contributed by atoms with Gasteiger partial charge in [0.25, 0.3) is 5.91 Å². The van der Waals surface area contributed by atoms with Crippen molar-refractivity contribution in [3.8, 4) is 11.5 Å². The lowest BCUT2D eigenvalue weighted by molar-refractivity contribution is -0.122. The fourth-order valence-electron chi connectivity index (χ4n) is 1.93. The Hall–Kier alpha value is -2.05. The van der Waals surface area contributed by atoms with Gasteiger partial charge in [-0.15, -0.1) is 0 Å². The number of ether oxygens (including phenoxy) is 2. The third kappa shape index (κ3) is 4.27. The van der Waals surface area contributed by atoms with Gasteiger partial charge in [-0.1, -0.05) is 23.7 Å². The van der Waals surface area contributed by atoms with Gasteiger partial charge in [-0.25, -0.2) is 0 Å². The fourth-order valence-corrected chi connectivity index (χ4v) is 2.53. The maximum Gasteiger partial charge on any atom is 0.265 e. The van der Waals surface area contributed by atoms with Crippen molar-refractivity contribution in [2.75, 3.05) is 12.4 Å². The maximum atomic E-state index is 12.3. The summed E-state index contributed by atoms with van der Waals surface area (Å²) in [7, 11) is 1.48. The zero-order valence-electron chi connectivity index (χ0n) is 13.0. The summed E-state index contributed by atoms with van der Waals surface area (Å²) in [5.41, 5.74) is 0.889. The third-order valence-corrected chi connectivity index (χ3v) is 4.23. The topological polar surface area (TPSA) is 64.6 Å². The van der Waals surface area contributed by atoms with Crippen LogP contribution in [0.5, 0.6) is 11.5 Å². The van der Waals surface area contributed by atoms with Crippen LogP contribution in [0.4, 0.5) is 5.69 Å². The second kappa shape index (κ2) is 8.17. The Balaban J connectivity index is 2.17. The zero-order valence-corrected chi connectivity index (χ0v) is 15.3. The molecule has 2 aromatic rings. The molecule has 0 unspecified atom stereocenters. The highest BCUT2D eigenvalue weighted by Crippen LogP contribution is 2.33. The van der Waals surface area contributed by atoms with Gasteiger partial charge in [-0.3, -0.25) is 9.59 Å². The summed E-state index contributed by atoms with van der Waals surface area (Å²) in [5, 5.41) is 3.13. The van der Waals surface area contributed by atoms with Crippen LogP contribution >= 0.6 is 27.5 Å². The Morgan fingerprint density at radius 2 is 2.00 bits per heavy atom. The number of aldehydes is 1. The number of methoxy groups -OCH3 is 1. The van der Waals surface area contributed by atoms with Crippen molar-refractivity contribution in [1.29, 1.82) is 0 Å². The van der Waals surface area contributed by atoms with Crippen LogP contribution in [0.3, 0.4) is 0 Å². The van der Waals surface area contributed by atoms with Crippen molar-refractivity contribution in [2.45, 2.75) is 13.0 Å². The van der Waals surface area contributed by atoms with E-state index < -0.39 is 6.10 Å². The Kier molecular flexibility index (Phi) is 6.23. The molecule has 0 aliphatic carbocycles. The molecule has 1 atom stereocenters. The lowest BCUT2D eigenvalue weighted by Gasteiger charge is -2.18. The van der Waals surface area contributed by atoms with E-state index in [1.807, 2.05) is 0 Å². The van der Waals surface area contributed by atoms with Crippen molar-refractivity contribution >= 4 is 45.4 Å². The second-order valence-electron chi connectivity index (χ2n) is 4.87. The molecular formula is C17H15BrClNO4. The van der Waals surface area contributed by atoms with Gasteiger partial charge in [0.15, 0.2) is 23.9 Å². The van der Waals surface area contributed by atoms with Crippen LogP contribution in [0.2, 0.25) is 5.02 Å². The number of para-hydroxylation sites is 1. The van der Waals surface area contributed by atoms with Gasteiger partial charge in [0.05, 0.1) is 17.8 Å². The first kappa shape index (κ1) is 18.3. The zero-order chi connectivity index (χ0) is 17.7. The number of amides is 1. The summed E-state index contributed by atoms with van der Waals surface area (Å²) >= 11 is 9.29. The van der Waals surface area contributed by atoms with Gasteiger partial charge >= 0.3 is 0 Å². The molecule has 0 aromatic heterocycles. The summed E-state index contributed by atoms with van der Waals surface area (Å²) in [6.45, 7) is 1.59. The number of halogens is 2. The molecule has 2 rings (SSSR count). The molecule has 0 saturated carbocycles. The summed E-state index contributed by atoms with van der Waals surface area (Å²) in [6, 6.07) is 10.0. The van der Waals surface area contributed by atoms with Gasteiger partial charge in [-0.05, 0) is 47.1 Å². The minimum atomic E-state index is -0.823. The Labute approximate surface area is 153 Å². The second-order valence-corrected chi connectivity index (χ2v) is 6.13. The summed E-state index contributed by atoms with van der Waals surface area (Å²) in [5.74, 6) is 0.329. The predicted octanol–water partition coefficient (Wildman–Crippen LogP) is 4.33. The van der Waals surface area contributed by atoms with Gasteiger partial charge in [0.2, 0.25) is 0 Å². The Morgan fingerprint density at radius 1 is 1.29 bits per heavy atom. The molecule has 2 aromatic carbocycles. The van der Waals surface area contributed by atoms with E-state index in [4.69, 9.17) is 21.1 Å². The molecule has 0 bridgehead atoms. The summed E-state index contributed by atoms with van der Waals surface area (Å²) in [4.78, 5) is 23.3. The number of carbonyl (C=O) groups is 2. The molecule has 0 aliphatic heterocycles. The number of carbonyl (C=O) groups excluding carboxylic acids is 2. The molecule has 0 fully saturated rings. The van der Waals surface area contributed by atoms with Crippen LogP contribution in [0, 0.1) is 0 Å². The Bertz CT molecular complexity index is 766. The molecule has 1 N–H and O–H groups in total. The van der Waals surface area contributed by atoms with E-state index in [2.05, 4.69) is 21.2 Å². The number of nitrogens with one attached hydrogen (secondary N) is 1. The van der Waals surface area contributed by atoms with Crippen LogP contribution in [0.15, 0.2) is 40.9 Å². The van der Waals surface area contributed by atoms with Gasteiger partial charge < -0.3 is 14.8 Å². The maximum absolute atomic E-state index is 12.3. The normalized spacial score (nSPS) is 11.5. The predicted molar refractivity (Wildman–Crippen MR) is 96.3 cm³/mol. The van der Waals surface area contributed by atoms with Gasteiger partial charge in [0, 0.05) is 10.0 Å². The Morgan fingerprint density at radius 3 is 2.62 bits per heavy atom. The SMILES string of the molecule is COc1cc(Br)c(C=O)cc1O[C@H](C)C(=O)Nc1ccccc1Cl. The quantitative estimate of drug-likeness (QED) is 0.717. The molecule has 0 aliphatic rings. The molecule has 0 spiro atoms. The highest BCUT2D eigenvalue weighted by atomic mass is 79.9. The smallest absolute Gasteiger partial charge is 0.265 e. The number of benzene rings is 2. The molecule has 5 nitrogen and oxygen atoms in total. The number of anilines is 1.